The summed E-state index contributed by atoms with van der Waals surface area (Å²) in [7, 11) is 0. The van der Waals surface area contributed by atoms with Gasteiger partial charge in [0.15, 0.2) is 0 Å². The third kappa shape index (κ3) is 0.844. The van der Waals surface area contributed by atoms with Gasteiger partial charge in [0.2, 0.25) is 0 Å². The summed E-state index contributed by atoms with van der Waals surface area (Å²) in [6.45, 7) is 0.841. The second kappa shape index (κ2) is 2.12. The molecule has 0 radical (unpaired) electrons. The highest BCUT2D eigenvalue weighted by molar-refractivity contribution is 9.10. The average Bonchev–Trinajstić information content (AvgIpc) is 2.27. The Morgan fingerprint density at radius 3 is 3.40 bits per heavy atom. The first kappa shape index (κ1) is 5.97. The largest absolute Gasteiger partial charge is 0.434 e. The van der Waals surface area contributed by atoms with Gasteiger partial charge in [-0.15, -0.1) is 0 Å². The Balaban J connectivity index is 2.46. The average molecular weight is 201 g/mol. The Kier molecular flexibility index (Phi) is 1.27. The predicted molar refractivity (Wildman–Crippen MR) is 39.7 cm³/mol. The van der Waals surface area contributed by atoms with Crippen LogP contribution in [0.5, 0.6) is 6.01 Å². The number of imidazole rings is 1. The molecule has 2 heterocycles. The molecule has 0 aliphatic carbocycles. The topological polar surface area (TPSA) is 27.1 Å². The van der Waals surface area contributed by atoms with E-state index in [0.29, 0.717) is 6.01 Å². The SMILES string of the molecule is Brc1cn2c(n1)OC=CC2. The number of allylic oxidation sites excluding steroid dienone is 1. The smallest absolute Gasteiger partial charge is 0.302 e. The lowest BCUT2D eigenvalue weighted by Gasteiger charge is -2.06. The highest BCUT2D eigenvalue weighted by Gasteiger charge is 2.07. The molecule has 1 aromatic rings. The van der Waals surface area contributed by atoms with Crippen LogP contribution in [0.3, 0.4) is 0 Å². The molecule has 0 amide bonds. The van der Waals surface area contributed by atoms with E-state index in [1.165, 1.54) is 0 Å². The van der Waals surface area contributed by atoms with Crippen LogP contribution in [0.15, 0.2) is 23.1 Å². The fourth-order valence-electron chi connectivity index (χ4n) is 0.859. The van der Waals surface area contributed by atoms with Crippen molar-refractivity contribution >= 4 is 15.9 Å². The molecule has 0 bridgehead atoms. The molecule has 0 saturated heterocycles. The molecule has 4 heteroatoms. The van der Waals surface area contributed by atoms with Gasteiger partial charge in [-0.25, -0.2) is 0 Å². The molecule has 0 aromatic carbocycles. The van der Waals surface area contributed by atoms with E-state index in [4.69, 9.17) is 4.74 Å². The maximum Gasteiger partial charge on any atom is 0.302 e. The third-order valence-electron chi connectivity index (χ3n) is 1.28. The minimum Gasteiger partial charge on any atom is -0.434 e. The van der Waals surface area contributed by atoms with Crippen molar-refractivity contribution in [3.8, 4) is 6.01 Å². The Labute approximate surface area is 66.5 Å². The summed E-state index contributed by atoms with van der Waals surface area (Å²) in [6.07, 6.45) is 5.47. The van der Waals surface area contributed by atoms with E-state index >= 15 is 0 Å². The number of aromatic nitrogens is 2. The van der Waals surface area contributed by atoms with Gasteiger partial charge in [0, 0.05) is 12.7 Å². The first-order valence-corrected chi connectivity index (χ1v) is 3.70. The molecule has 2 rings (SSSR count). The molecule has 0 N–H and O–H groups in total. The lowest BCUT2D eigenvalue weighted by molar-refractivity contribution is 0.396. The van der Waals surface area contributed by atoms with E-state index < -0.39 is 0 Å². The lowest BCUT2D eigenvalue weighted by Crippen LogP contribution is -2.02. The fourth-order valence-corrected chi connectivity index (χ4v) is 1.26. The highest BCUT2D eigenvalue weighted by atomic mass is 79.9. The second-order valence-electron chi connectivity index (χ2n) is 1.99. The number of ether oxygens (including phenoxy) is 1. The number of nitrogens with zero attached hydrogens (tertiary/aromatic N) is 2. The van der Waals surface area contributed by atoms with Crippen LogP contribution >= 0.6 is 15.9 Å². The summed E-state index contributed by atoms with van der Waals surface area (Å²) in [5, 5.41) is 0. The van der Waals surface area contributed by atoms with E-state index in [1.807, 2.05) is 16.8 Å². The Hall–Kier alpha value is -0.770. The van der Waals surface area contributed by atoms with Crippen molar-refractivity contribution in [2.75, 3.05) is 0 Å². The monoisotopic (exact) mass is 200 g/mol. The molecule has 1 aromatic heterocycles. The highest BCUT2D eigenvalue weighted by Crippen LogP contribution is 2.18. The minimum absolute atomic E-state index is 0.648. The predicted octanol–water partition coefficient (Wildman–Crippen LogP) is 1.55. The van der Waals surface area contributed by atoms with Crippen LogP contribution in [0.2, 0.25) is 0 Å². The van der Waals surface area contributed by atoms with Gasteiger partial charge in [-0.3, -0.25) is 4.57 Å². The minimum atomic E-state index is 0.648. The van der Waals surface area contributed by atoms with Crippen LogP contribution < -0.4 is 4.74 Å². The molecular formula is C6H5BrN2O. The molecule has 1 aliphatic rings. The molecule has 0 saturated carbocycles. The zero-order chi connectivity index (χ0) is 6.97. The second-order valence-corrected chi connectivity index (χ2v) is 2.80. The Morgan fingerprint density at radius 2 is 2.60 bits per heavy atom. The van der Waals surface area contributed by atoms with Gasteiger partial charge < -0.3 is 4.74 Å². The molecule has 0 atom stereocenters. The molecule has 52 valence electrons. The van der Waals surface area contributed by atoms with Crippen LogP contribution in [0.4, 0.5) is 0 Å². The van der Waals surface area contributed by atoms with E-state index in [2.05, 4.69) is 20.9 Å². The van der Waals surface area contributed by atoms with Crippen LogP contribution in [0.1, 0.15) is 0 Å². The maximum atomic E-state index is 5.09. The van der Waals surface area contributed by atoms with E-state index in [0.717, 1.165) is 11.1 Å². The summed E-state index contributed by atoms with van der Waals surface area (Å²) in [5.41, 5.74) is 0. The molecule has 1 aliphatic heterocycles. The number of hydrogen-bond acceptors (Lipinski definition) is 2. The first-order chi connectivity index (χ1) is 4.86. The maximum absolute atomic E-state index is 5.09. The number of rotatable bonds is 0. The summed E-state index contributed by atoms with van der Waals surface area (Å²) in [6, 6.07) is 0.648. The summed E-state index contributed by atoms with van der Waals surface area (Å²) in [5.74, 6) is 0. The van der Waals surface area contributed by atoms with Crippen LogP contribution in [0, 0.1) is 0 Å². The number of fused-ring (bicyclic) bond motifs is 1. The van der Waals surface area contributed by atoms with E-state index in [1.54, 1.807) is 6.26 Å². The molecular weight excluding hydrogens is 196 g/mol. The standard InChI is InChI=1S/C6H5BrN2O/c7-5-4-9-2-1-3-10-6(9)8-5/h1,3-4H,2H2. The molecule has 0 unspecified atom stereocenters. The van der Waals surface area contributed by atoms with E-state index in [9.17, 15) is 0 Å². The van der Waals surface area contributed by atoms with Crippen LogP contribution in [-0.4, -0.2) is 9.55 Å². The Bertz CT molecular complexity index is 254. The van der Waals surface area contributed by atoms with Crippen molar-refractivity contribution in [3.63, 3.8) is 0 Å². The van der Waals surface area contributed by atoms with Gasteiger partial charge in [0.25, 0.3) is 0 Å². The van der Waals surface area contributed by atoms with Gasteiger partial charge >= 0.3 is 6.01 Å². The van der Waals surface area contributed by atoms with Gasteiger partial charge in [0.05, 0.1) is 6.26 Å². The van der Waals surface area contributed by atoms with Crippen molar-refractivity contribution in [1.82, 2.24) is 9.55 Å². The molecule has 0 spiro atoms. The van der Waals surface area contributed by atoms with Crippen molar-refractivity contribution in [3.05, 3.63) is 23.1 Å². The van der Waals surface area contributed by atoms with Gasteiger partial charge in [-0.1, -0.05) is 0 Å². The fraction of sp³-hybridized carbons (Fsp3) is 0.167. The zero-order valence-corrected chi connectivity index (χ0v) is 6.71. The Morgan fingerprint density at radius 1 is 1.70 bits per heavy atom. The summed E-state index contributed by atoms with van der Waals surface area (Å²) >= 11 is 3.25. The summed E-state index contributed by atoms with van der Waals surface area (Å²) in [4.78, 5) is 4.06. The zero-order valence-electron chi connectivity index (χ0n) is 5.12. The summed E-state index contributed by atoms with van der Waals surface area (Å²) < 4.78 is 7.82. The number of hydrogen-bond donors (Lipinski definition) is 0. The molecule has 3 nitrogen and oxygen atoms in total. The van der Waals surface area contributed by atoms with Crippen LogP contribution in [-0.2, 0) is 6.54 Å². The third-order valence-corrected chi connectivity index (χ3v) is 1.66. The van der Waals surface area contributed by atoms with Crippen molar-refractivity contribution in [2.45, 2.75) is 6.54 Å². The molecule has 10 heavy (non-hydrogen) atoms. The number of halogens is 1. The van der Waals surface area contributed by atoms with Crippen LogP contribution in [0.25, 0.3) is 0 Å². The normalized spacial score (nSPS) is 14.5. The van der Waals surface area contributed by atoms with Gasteiger partial charge in [-0.05, 0) is 22.0 Å². The van der Waals surface area contributed by atoms with Gasteiger partial charge in [-0.2, -0.15) is 4.98 Å². The van der Waals surface area contributed by atoms with Crippen molar-refractivity contribution < 1.29 is 4.74 Å². The lowest BCUT2D eigenvalue weighted by atomic mass is 10.6. The van der Waals surface area contributed by atoms with Gasteiger partial charge in [0.1, 0.15) is 4.60 Å². The van der Waals surface area contributed by atoms with E-state index in [-0.39, 0.29) is 0 Å². The molecule has 0 fully saturated rings. The quantitative estimate of drug-likeness (QED) is 0.636. The van der Waals surface area contributed by atoms with Crippen molar-refractivity contribution in [2.24, 2.45) is 0 Å². The van der Waals surface area contributed by atoms with Crippen molar-refractivity contribution in [1.29, 1.82) is 0 Å². The first-order valence-electron chi connectivity index (χ1n) is 2.90.